The summed E-state index contributed by atoms with van der Waals surface area (Å²) in [6.45, 7) is 6.83. The Labute approximate surface area is 88.8 Å². The molecule has 0 aliphatic heterocycles. The summed E-state index contributed by atoms with van der Waals surface area (Å²) in [5, 5.41) is 1.32. The molecule has 0 aliphatic carbocycles. The smallest absolute Gasteiger partial charge is 0.0529 e. The van der Waals surface area contributed by atoms with Crippen LogP contribution >= 0.6 is 11.3 Å². The van der Waals surface area contributed by atoms with E-state index in [1.54, 1.807) is 0 Å². The Morgan fingerprint density at radius 2 is 2.21 bits per heavy atom. The zero-order valence-corrected chi connectivity index (χ0v) is 9.69. The average Bonchev–Trinajstić information content (AvgIpc) is 2.61. The Balaban J connectivity index is 2.55. The Morgan fingerprint density at radius 3 is 2.86 bits per heavy atom. The summed E-state index contributed by atoms with van der Waals surface area (Å²) >= 11 is 1.87. The maximum atomic E-state index is 4.14. The van der Waals surface area contributed by atoms with Crippen molar-refractivity contribution in [1.29, 1.82) is 0 Å². The molecule has 0 bridgehead atoms. The van der Waals surface area contributed by atoms with Crippen LogP contribution in [0.15, 0.2) is 24.5 Å². The van der Waals surface area contributed by atoms with E-state index < -0.39 is 0 Å². The molecule has 1 nitrogen and oxygen atoms in total. The Hall–Kier alpha value is -0.890. The van der Waals surface area contributed by atoms with Crippen molar-refractivity contribution in [3.63, 3.8) is 0 Å². The maximum absolute atomic E-state index is 4.14. The van der Waals surface area contributed by atoms with E-state index in [1.165, 1.54) is 21.4 Å². The Bertz CT molecular complexity index is 409. The molecule has 0 fully saturated rings. The van der Waals surface area contributed by atoms with Gasteiger partial charge in [-0.05, 0) is 29.4 Å². The van der Waals surface area contributed by atoms with Gasteiger partial charge in [0.25, 0.3) is 0 Å². The van der Waals surface area contributed by atoms with Crippen molar-refractivity contribution >= 4 is 21.4 Å². The summed E-state index contributed by atoms with van der Waals surface area (Å²) in [4.78, 5) is 5.61. The van der Waals surface area contributed by atoms with E-state index in [1.807, 2.05) is 23.7 Å². The highest BCUT2D eigenvalue weighted by Crippen LogP contribution is 2.35. The molecule has 0 aromatic carbocycles. The van der Waals surface area contributed by atoms with Gasteiger partial charge in [-0.2, -0.15) is 0 Å². The number of aromatic nitrogens is 1. The van der Waals surface area contributed by atoms with Crippen LogP contribution < -0.4 is 0 Å². The molecular weight excluding hydrogens is 190 g/mol. The van der Waals surface area contributed by atoms with Crippen LogP contribution in [0.4, 0.5) is 0 Å². The quantitative estimate of drug-likeness (QED) is 0.722. The molecule has 2 aromatic heterocycles. The highest BCUT2D eigenvalue weighted by Gasteiger charge is 2.20. The lowest BCUT2D eigenvalue weighted by molar-refractivity contribution is 0.517. The predicted molar refractivity (Wildman–Crippen MR) is 62.9 cm³/mol. The van der Waals surface area contributed by atoms with E-state index in [0.717, 1.165) is 0 Å². The van der Waals surface area contributed by atoms with E-state index >= 15 is 0 Å². The number of thiophene rings is 1. The standard InChI is InChI=1S/C12H15NS/c1-4-12(2,3)11-7-9-5-6-13-8-10(9)14-11/h5-8H,4H2,1-3H3. The highest BCUT2D eigenvalue weighted by atomic mass is 32.1. The zero-order valence-electron chi connectivity index (χ0n) is 8.87. The molecular formula is C12H15NS. The van der Waals surface area contributed by atoms with Gasteiger partial charge in [0, 0.05) is 17.3 Å². The first kappa shape index (κ1) is 9.66. The molecule has 0 spiro atoms. The van der Waals surface area contributed by atoms with Crippen LogP contribution in [0.2, 0.25) is 0 Å². The van der Waals surface area contributed by atoms with E-state index in [9.17, 15) is 0 Å². The fourth-order valence-corrected chi connectivity index (χ4v) is 2.59. The predicted octanol–water partition coefficient (Wildman–Crippen LogP) is 3.98. The number of pyridine rings is 1. The maximum Gasteiger partial charge on any atom is 0.0529 e. The fourth-order valence-electron chi connectivity index (χ4n) is 1.39. The average molecular weight is 205 g/mol. The van der Waals surface area contributed by atoms with Crippen LogP contribution in [-0.4, -0.2) is 4.98 Å². The third-order valence-corrected chi connectivity index (χ3v) is 4.33. The van der Waals surface area contributed by atoms with Gasteiger partial charge < -0.3 is 0 Å². The minimum Gasteiger partial charge on any atom is -0.263 e. The van der Waals surface area contributed by atoms with E-state index in [4.69, 9.17) is 0 Å². The van der Waals surface area contributed by atoms with Gasteiger partial charge in [-0.1, -0.05) is 20.8 Å². The first-order valence-electron chi connectivity index (χ1n) is 4.97. The van der Waals surface area contributed by atoms with Gasteiger partial charge in [0.15, 0.2) is 0 Å². The first-order valence-corrected chi connectivity index (χ1v) is 5.79. The lowest BCUT2D eigenvalue weighted by Gasteiger charge is -2.20. The largest absolute Gasteiger partial charge is 0.263 e. The normalized spacial score (nSPS) is 12.2. The minimum atomic E-state index is 0.295. The SMILES string of the molecule is CCC(C)(C)c1cc2ccncc2s1. The summed E-state index contributed by atoms with van der Waals surface area (Å²) in [6, 6.07) is 4.38. The molecule has 2 heteroatoms. The van der Waals surface area contributed by atoms with Crippen LogP contribution in [0.25, 0.3) is 10.1 Å². The molecule has 74 valence electrons. The second kappa shape index (κ2) is 3.35. The van der Waals surface area contributed by atoms with Gasteiger partial charge in [-0.15, -0.1) is 11.3 Å². The van der Waals surface area contributed by atoms with Crippen LogP contribution in [0, 0.1) is 0 Å². The molecule has 14 heavy (non-hydrogen) atoms. The van der Waals surface area contributed by atoms with Crippen LogP contribution in [-0.2, 0) is 5.41 Å². The van der Waals surface area contributed by atoms with Crippen molar-refractivity contribution in [3.8, 4) is 0 Å². The number of nitrogens with zero attached hydrogens (tertiary/aromatic N) is 1. The first-order chi connectivity index (χ1) is 6.63. The van der Waals surface area contributed by atoms with Crippen LogP contribution in [0.1, 0.15) is 32.1 Å². The summed E-state index contributed by atoms with van der Waals surface area (Å²) in [6.07, 6.45) is 4.99. The fraction of sp³-hybridized carbons (Fsp3) is 0.417. The molecule has 0 saturated carbocycles. The molecule has 2 heterocycles. The van der Waals surface area contributed by atoms with Crippen LogP contribution in [0.3, 0.4) is 0 Å². The Morgan fingerprint density at radius 1 is 1.43 bits per heavy atom. The molecule has 0 unspecified atom stereocenters. The summed E-state index contributed by atoms with van der Waals surface area (Å²) in [5.74, 6) is 0. The lowest BCUT2D eigenvalue weighted by Crippen LogP contribution is -2.12. The molecule has 0 saturated heterocycles. The van der Waals surface area contributed by atoms with Crippen molar-refractivity contribution in [2.45, 2.75) is 32.6 Å². The minimum absolute atomic E-state index is 0.295. The van der Waals surface area contributed by atoms with Crippen LogP contribution in [0.5, 0.6) is 0 Å². The van der Waals surface area contributed by atoms with E-state index in [2.05, 4.69) is 37.9 Å². The molecule has 0 amide bonds. The highest BCUT2D eigenvalue weighted by molar-refractivity contribution is 7.19. The van der Waals surface area contributed by atoms with Gasteiger partial charge in [0.2, 0.25) is 0 Å². The van der Waals surface area contributed by atoms with Crippen molar-refractivity contribution in [2.75, 3.05) is 0 Å². The monoisotopic (exact) mass is 205 g/mol. The second-order valence-electron chi connectivity index (χ2n) is 4.26. The number of fused-ring (bicyclic) bond motifs is 1. The Kier molecular flexibility index (Phi) is 2.31. The van der Waals surface area contributed by atoms with Gasteiger partial charge >= 0.3 is 0 Å². The molecule has 2 rings (SSSR count). The van der Waals surface area contributed by atoms with Crippen molar-refractivity contribution in [1.82, 2.24) is 4.98 Å². The van der Waals surface area contributed by atoms with Gasteiger partial charge in [0.1, 0.15) is 0 Å². The van der Waals surface area contributed by atoms with Gasteiger partial charge in [0.05, 0.1) is 4.70 Å². The molecule has 0 aliphatic rings. The van der Waals surface area contributed by atoms with Crippen molar-refractivity contribution in [2.24, 2.45) is 0 Å². The number of hydrogen-bond acceptors (Lipinski definition) is 2. The third kappa shape index (κ3) is 1.55. The lowest BCUT2D eigenvalue weighted by atomic mass is 9.88. The molecule has 0 N–H and O–H groups in total. The number of rotatable bonds is 2. The van der Waals surface area contributed by atoms with Crippen molar-refractivity contribution < 1.29 is 0 Å². The third-order valence-electron chi connectivity index (χ3n) is 2.87. The second-order valence-corrected chi connectivity index (χ2v) is 5.35. The zero-order chi connectivity index (χ0) is 10.2. The molecule has 0 radical (unpaired) electrons. The summed E-state index contributed by atoms with van der Waals surface area (Å²) < 4.78 is 1.30. The van der Waals surface area contributed by atoms with Crippen molar-refractivity contribution in [3.05, 3.63) is 29.4 Å². The van der Waals surface area contributed by atoms with Gasteiger partial charge in [-0.25, -0.2) is 0 Å². The summed E-state index contributed by atoms with van der Waals surface area (Å²) in [5.41, 5.74) is 0.295. The number of hydrogen-bond donors (Lipinski definition) is 0. The van der Waals surface area contributed by atoms with E-state index in [0.29, 0.717) is 5.41 Å². The molecule has 2 aromatic rings. The van der Waals surface area contributed by atoms with Gasteiger partial charge in [-0.3, -0.25) is 4.98 Å². The van der Waals surface area contributed by atoms with E-state index in [-0.39, 0.29) is 0 Å². The topological polar surface area (TPSA) is 12.9 Å². The summed E-state index contributed by atoms with van der Waals surface area (Å²) in [7, 11) is 0. The molecule has 0 atom stereocenters.